The van der Waals surface area contributed by atoms with Crippen molar-refractivity contribution in [3.8, 4) is 0 Å². The molecule has 4 nitrogen and oxygen atoms in total. The number of hydrogen-bond donors (Lipinski definition) is 3. The van der Waals surface area contributed by atoms with Crippen molar-refractivity contribution in [2.45, 2.75) is 19.4 Å². The van der Waals surface area contributed by atoms with E-state index in [1.807, 2.05) is 6.92 Å². The molecule has 0 radical (unpaired) electrons. The van der Waals surface area contributed by atoms with Crippen molar-refractivity contribution in [3.63, 3.8) is 0 Å². The molecule has 0 aromatic carbocycles. The van der Waals surface area contributed by atoms with E-state index in [9.17, 15) is 9.90 Å². The third kappa shape index (κ3) is 3.16. The van der Waals surface area contributed by atoms with Gasteiger partial charge in [-0.1, -0.05) is 6.92 Å². The maximum absolute atomic E-state index is 11.4. The van der Waals surface area contributed by atoms with Crippen LogP contribution in [-0.2, 0) is 0 Å². The van der Waals surface area contributed by atoms with Gasteiger partial charge in [-0.25, -0.2) is 0 Å². The minimum atomic E-state index is -0.475. The molecule has 3 N–H and O–H groups in total. The molecule has 0 saturated heterocycles. The molecule has 0 spiro atoms. The predicted molar refractivity (Wildman–Crippen MR) is 57.1 cm³/mol. The minimum Gasteiger partial charge on any atom is -0.391 e. The standard InChI is InChI=1S/C9H13BrN2O2/c1-2-7(13)5-12-9(14)8-3-6(10)4-11-8/h3-4,7,11,13H,2,5H2,1H3,(H,12,14). The summed E-state index contributed by atoms with van der Waals surface area (Å²) in [6, 6.07) is 1.69. The van der Waals surface area contributed by atoms with Crippen molar-refractivity contribution in [2.75, 3.05) is 6.54 Å². The second-order valence-electron chi connectivity index (χ2n) is 3.00. The Kier molecular flexibility index (Phi) is 4.16. The summed E-state index contributed by atoms with van der Waals surface area (Å²) in [6.07, 6.45) is 1.84. The number of aromatic nitrogens is 1. The number of aromatic amines is 1. The van der Waals surface area contributed by atoms with Crippen LogP contribution in [0.5, 0.6) is 0 Å². The van der Waals surface area contributed by atoms with Gasteiger partial charge in [-0.05, 0) is 28.4 Å². The summed E-state index contributed by atoms with van der Waals surface area (Å²) in [5, 5.41) is 11.8. The molecule has 1 unspecified atom stereocenters. The number of aliphatic hydroxyl groups excluding tert-OH is 1. The number of H-pyrrole nitrogens is 1. The van der Waals surface area contributed by atoms with Gasteiger partial charge < -0.3 is 15.4 Å². The monoisotopic (exact) mass is 260 g/mol. The number of nitrogens with one attached hydrogen (secondary N) is 2. The van der Waals surface area contributed by atoms with E-state index in [1.54, 1.807) is 12.3 Å². The van der Waals surface area contributed by atoms with Crippen LogP contribution in [0.25, 0.3) is 0 Å². The molecule has 14 heavy (non-hydrogen) atoms. The quantitative estimate of drug-likeness (QED) is 0.764. The molecule has 78 valence electrons. The maximum Gasteiger partial charge on any atom is 0.267 e. The Labute approximate surface area is 90.8 Å². The highest BCUT2D eigenvalue weighted by Crippen LogP contribution is 2.10. The summed E-state index contributed by atoms with van der Waals surface area (Å²) >= 11 is 3.23. The van der Waals surface area contributed by atoms with Crippen LogP contribution in [0.3, 0.4) is 0 Å². The van der Waals surface area contributed by atoms with Crippen molar-refractivity contribution in [3.05, 3.63) is 22.4 Å². The average molecular weight is 261 g/mol. The Balaban J connectivity index is 2.43. The number of hydrogen-bond acceptors (Lipinski definition) is 2. The van der Waals surface area contributed by atoms with Gasteiger partial charge in [0.15, 0.2) is 0 Å². The summed E-state index contributed by atoms with van der Waals surface area (Å²) in [7, 11) is 0. The van der Waals surface area contributed by atoms with Gasteiger partial charge in [0, 0.05) is 17.2 Å². The predicted octanol–water partition coefficient (Wildman–Crippen LogP) is 1.28. The molecule has 0 fully saturated rings. The second-order valence-corrected chi connectivity index (χ2v) is 3.92. The molecule has 5 heteroatoms. The van der Waals surface area contributed by atoms with E-state index < -0.39 is 6.10 Å². The van der Waals surface area contributed by atoms with E-state index >= 15 is 0 Å². The van der Waals surface area contributed by atoms with Crippen LogP contribution in [0.1, 0.15) is 23.8 Å². The molecule has 0 bridgehead atoms. The first-order valence-electron chi connectivity index (χ1n) is 4.43. The van der Waals surface area contributed by atoms with E-state index in [4.69, 9.17) is 0 Å². The average Bonchev–Trinajstić information content (AvgIpc) is 2.60. The highest BCUT2D eigenvalue weighted by molar-refractivity contribution is 9.10. The Hall–Kier alpha value is -0.810. The zero-order chi connectivity index (χ0) is 10.6. The lowest BCUT2D eigenvalue weighted by Crippen LogP contribution is -2.31. The lowest BCUT2D eigenvalue weighted by molar-refractivity contribution is 0.0909. The van der Waals surface area contributed by atoms with Crippen LogP contribution in [-0.4, -0.2) is 28.6 Å². The lowest BCUT2D eigenvalue weighted by Gasteiger charge is -2.08. The molecule has 1 amide bonds. The van der Waals surface area contributed by atoms with Crippen LogP contribution in [0.15, 0.2) is 16.7 Å². The topological polar surface area (TPSA) is 65.1 Å². The highest BCUT2D eigenvalue weighted by atomic mass is 79.9. The number of halogens is 1. The number of aliphatic hydroxyl groups is 1. The molecule has 1 rings (SSSR count). The summed E-state index contributed by atoms with van der Waals surface area (Å²) in [4.78, 5) is 14.2. The van der Waals surface area contributed by atoms with E-state index in [1.165, 1.54) is 0 Å². The lowest BCUT2D eigenvalue weighted by atomic mass is 10.3. The van der Waals surface area contributed by atoms with Gasteiger partial charge in [0.1, 0.15) is 5.69 Å². The van der Waals surface area contributed by atoms with Crippen LogP contribution >= 0.6 is 15.9 Å². The van der Waals surface area contributed by atoms with E-state index in [-0.39, 0.29) is 12.5 Å². The molecule has 1 heterocycles. The number of carbonyl (C=O) groups excluding carboxylic acids is 1. The van der Waals surface area contributed by atoms with E-state index in [0.29, 0.717) is 12.1 Å². The van der Waals surface area contributed by atoms with Gasteiger partial charge in [-0.3, -0.25) is 4.79 Å². The molecule has 1 atom stereocenters. The Morgan fingerprint density at radius 1 is 1.79 bits per heavy atom. The zero-order valence-electron chi connectivity index (χ0n) is 7.88. The molecule has 0 aliphatic heterocycles. The van der Waals surface area contributed by atoms with Gasteiger partial charge in [0.25, 0.3) is 5.91 Å². The summed E-state index contributed by atoms with van der Waals surface area (Å²) in [6.45, 7) is 2.15. The number of carbonyl (C=O) groups is 1. The van der Waals surface area contributed by atoms with Crippen LogP contribution < -0.4 is 5.32 Å². The molecular formula is C9H13BrN2O2. The van der Waals surface area contributed by atoms with Gasteiger partial charge in [0.05, 0.1) is 6.10 Å². The van der Waals surface area contributed by atoms with E-state index in [2.05, 4.69) is 26.2 Å². The summed E-state index contributed by atoms with van der Waals surface area (Å²) in [5.74, 6) is -0.205. The van der Waals surface area contributed by atoms with Crippen molar-refractivity contribution < 1.29 is 9.90 Å². The summed E-state index contributed by atoms with van der Waals surface area (Å²) in [5.41, 5.74) is 0.486. The normalized spacial score (nSPS) is 12.5. The fraction of sp³-hybridized carbons (Fsp3) is 0.444. The molecule has 0 saturated carbocycles. The second kappa shape index (κ2) is 5.17. The number of rotatable bonds is 4. The van der Waals surface area contributed by atoms with Crippen molar-refractivity contribution in [1.29, 1.82) is 0 Å². The molecule has 0 aliphatic carbocycles. The fourth-order valence-electron chi connectivity index (χ4n) is 0.949. The first-order valence-corrected chi connectivity index (χ1v) is 5.23. The molecule has 1 aromatic rings. The number of amides is 1. The Morgan fingerprint density at radius 3 is 3.00 bits per heavy atom. The fourth-order valence-corrected chi connectivity index (χ4v) is 1.29. The Bertz CT molecular complexity index is 312. The zero-order valence-corrected chi connectivity index (χ0v) is 9.47. The molecular weight excluding hydrogens is 248 g/mol. The van der Waals surface area contributed by atoms with Crippen LogP contribution in [0.4, 0.5) is 0 Å². The Morgan fingerprint density at radius 2 is 2.50 bits per heavy atom. The van der Waals surface area contributed by atoms with Gasteiger partial charge in [-0.15, -0.1) is 0 Å². The third-order valence-corrected chi connectivity index (χ3v) is 2.32. The maximum atomic E-state index is 11.4. The molecule has 0 aliphatic rings. The van der Waals surface area contributed by atoms with Gasteiger partial charge in [0.2, 0.25) is 0 Å². The largest absolute Gasteiger partial charge is 0.391 e. The van der Waals surface area contributed by atoms with Gasteiger partial charge in [-0.2, -0.15) is 0 Å². The van der Waals surface area contributed by atoms with Crippen LogP contribution in [0.2, 0.25) is 0 Å². The third-order valence-electron chi connectivity index (χ3n) is 1.86. The van der Waals surface area contributed by atoms with Gasteiger partial charge >= 0.3 is 0 Å². The molecule has 1 aromatic heterocycles. The first kappa shape index (κ1) is 11.3. The van der Waals surface area contributed by atoms with Crippen molar-refractivity contribution in [1.82, 2.24) is 10.3 Å². The van der Waals surface area contributed by atoms with Crippen LogP contribution in [0, 0.1) is 0 Å². The van der Waals surface area contributed by atoms with Crippen molar-refractivity contribution in [2.24, 2.45) is 0 Å². The minimum absolute atomic E-state index is 0.205. The first-order chi connectivity index (χ1) is 6.63. The smallest absolute Gasteiger partial charge is 0.267 e. The van der Waals surface area contributed by atoms with E-state index in [0.717, 1.165) is 4.47 Å². The van der Waals surface area contributed by atoms with Crippen molar-refractivity contribution >= 4 is 21.8 Å². The summed E-state index contributed by atoms with van der Waals surface area (Å²) < 4.78 is 0.832. The highest BCUT2D eigenvalue weighted by Gasteiger charge is 2.08. The SMILES string of the molecule is CCC(O)CNC(=O)c1cc(Br)c[nH]1.